The van der Waals surface area contributed by atoms with Gasteiger partial charge in [-0.3, -0.25) is 0 Å². The summed E-state index contributed by atoms with van der Waals surface area (Å²) in [5.74, 6) is -0.788. The van der Waals surface area contributed by atoms with Crippen LogP contribution in [0.1, 0.15) is 6.92 Å². The van der Waals surface area contributed by atoms with Gasteiger partial charge in [-0.05, 0) is 45.3 Å². The molecule has 2 N–H and O–H groups in total. The zero-order chi connectivity index (χ0) is 16.0. The molecule has 0 amide bonds. The molecule has 1 atom stereocenters. The predicted octanol–water partition coefficient (Wildman–Crippen LogP) is 0.378. The summed E-state index contributed by atoms with van der Waals surface area (Å²) in [4.78, 5) is 12.4. The Morgan fingerprint density at radius 2 is 1.90 bits per heavy atom. The SMILES string of the molecule is CC(CN(C)C)NS(=O)(=O)c1ccc(OCC(=O)O)cc1. The van der Waals surface area contributed by atoms with Gasteiger partial charge in [-0.15, -0.1) is 0 Å². The van der Waals surface area contributed by atoms with E-state index >= 15 is 0 Å². The van der Waals surface area contributed by atoms with E-state index in [1.54, 1.807) is 6.92 Å². The Kier molecular flexibility index (Phi) is 6.13. The van der Waals surface area contributed by atoms with Crippen LogP contribution in [-0.2, 0) is 14.8 Å². The third kappa shape index (κ3) is 6.11. The summed E-state index contributed by atoms with van der Waals surface area (Å²) in [6, 6.07) is 5.37. The summed E-state index contributed by atoms with van der Waals surface area (Å²) < 4.78 is 31.8. The lowest BCUT2D eigenvalue weighted by Gasteiger charge is -2.18. The van der Waals surface area contributed by atoms with Crippen LogP contribution in [0.15, 0.2) is 29.2 Å². The molecule has 1 unspecified atom stereocenters. The number of nitrogens with zero attached hydrogens (tertiary/aromatic N) is 1. The first-order valence-corrected chi connectivity index (χ1v) is 7.81. The maximum absolute atomic E-state index is 12.1. The van der Waals surface area contributed by atoms with Gasteiger partial charge < -0.3 is 14.7 Å². The molecule has 0 radical (unpaired) electrons. The van der Waals surface area contributed by atoms with Gasteiger partial charge in [0.1, 0.15) is 5.75 Å². The van der Waals surface area contributed by atoms with Crippen molar-refractivity contribution in [1.29, 1.82) is 0 Å². The molecule has 7 nitrogen and oxygen atoms in total. The van der Waals surface area contributed by atoms with Crippen LogP contribution in [0.2, 0.25) is 0 Å². The van der Waals surface area contributed by atoms with E-state index in [-0.39, 0.29) is 10.9 Å². The average Bonchev–Trinajstić information content (AvgIpc) is 2.35. The molecule has 21 heavy (non-hydrogen) atoms. The highest BCUT2D eigenvalue weighted by Gasteiger charge is 2.17. The van der Waals surface area contributed by atoms with Crippen molar-refractivity contribution in [2.75, 3.05) is 27.2 Å². The highest BCUT2D eigenvalue weighted by atomic mass is 32.2. The number of hydrogen-bond donors (Lipinski definition) is 2. The van der Waals surface area contributed by atoms with E-state index in [9.17, 15) is 13.2 Å². The number of sulfonamides is 1. The van der Waals surface area contributed by atoms with Gasteiger partial charge >= 0.3 is 5.97 Å². The number of likely N-dealkylation sites (N-methyl/N-ethyl adjacent to an activating group) is 1. The molecule has 1 aromatic carbocycles. The van der Waals surface area contributed by atoms with Crippen LogP contribution in [0.4, 0.5) is 0 Å². The molecule has 0 saturated carbocycles. The number of hydrogen-bond acceptors (Lipinski definition) is 5. The summed E-state index contributed by atoms with van der Waals surface area (Å²) in [5.41, 5.74) is 0. The molecular formula is C13H20N2O5S. The Balaban J connectivity index is 2.73. The standard InChI is InChI=1S/C13H20N2O5S/c1-10(8-15(2)3)14-21(18,19)12-6-4-11(5-7-12)20-9-13(16)17/h4-7,10,14H,8-9H2,1-3H3,(H,16,17). The first-order chi connectivity index (χ1) is 9.70. The van der Waals surface area contributed by atoms with Crippen LogP contribution in [0.5, 0.6) is 5.75 Å². The van der Waals surface area contributed by atoms with Crippen LogP contribution in [-0.4, -0.2) is 57.7 Å². The fraction of sp³-hybridized carbons (Fsp3) is 0.462. The molecular weight excluding hydrogens is 296 g/mol. The van der Waals surface area contributed by atoms with Crippen LogP contribution in [0.25, 0.3) is 0 Å². The largest absolute Gasteiger partial charge is 0.482 e. The molecule has 1 rings (SSSR count). The fourth-order valence-corrected chi connectivity index (χ4v) is 3.01. The zero-order valence-corrected chi connectivity index (χ0v) is 13.1. The van der Waals surface area contributed by atoms with Crippen molar-refractivity contribution in [2.45, 2.75) is 17.9 Å². The Morgan fingerprint density at radius 3 is 2.38 bits per heavy atom. The third-order valence-electron chi connectivity index (χ3n) is 2.49. The van der Waals surface area contributed by atoms with Crippen LogP contribution in [0, 0.1) is 0 Å². The third-order valence-corrected chi connectivity index (χ3v) is 4.10. The lowest BCUT2D eigenvalue weighted by atomic mass is 10.3. The van der Waals surface area contributed by atoms with Gasteiger partial charge in [0.2, 0.25) is 10.0 Å². The normalized spacial score (nSPS) is 13.1. The van der Waals surface area contributed by atoms with Crippen LogP contribution < -0.4 is 9.46 Å². The zero-order valence-electron chi connectivity index (χ0n) is 12.2. The van der Waals surface area contributed by atoms with Crippen molar-refractivity contribution in [2.24, 2.45) is 0 Å². The Hall–Kier alpha value is -1.64. The van der Waals surface area contributed by atoms with Crippen molar-refractivity contribution in [3.63, 3.8) is 0 Å². The molecule has 0 heterocycles. The number of nitrogens with one attached hydrogen (secondary N) is 1. The lowest BCUT2D eigenvalue weighted by molar-refractivity contribution is -0.139. The molecule has 0 saturated heterocycles. The van der Waals surface area contributed by atoms with E-state index in [4.69, 9.17) is 9.84 Å². The van der Waals surface area contributed by atoms with E-state index in [0.29, 0.717) is 12.3 Å². The van der Waals surface area contributed by atoms with Gasteiger partial charge in [-0.2, -0.15) is 0 Å². The van der Waals surface area contributed by atoms with Gasteiger partial charge in [0.25, 0.3) is 0 Å². The van der Waals surface area contributed by atoms with Gasteiger partial charge in [0.15, 0.2) is 6.61 Å². The second-order valence-electron chi connectivity index (χ2n) is 4.94. The number of aliphatic carboxylic acids is 1. The number of carboxylic acid groups (broad SMARTS) is 1. The monoisotopic (exact) mass is 316 g/mol. The molecule has 8 heteroatoms. The van der Waals surface area contributed by atoms with Crippen molar-refractivity contribution in [3.05, 3.63) is 24.3 Å². The molecule has 0 aromatic heterocycles. The summed E-state index contributed by atoms with van der Waals surface area (Å²) >= 11 is 0. The highest BCUT2D eigenvalue weighted by Crippen LogP contribution is 2.16. The number of ether oxygens (including phenoxy) is 1. The summed E-state index contributed by atoms with van der Waals surface area (Å²) in [7, 11) is 0.119. The molecule has 0 aliphatic carbocycles. The van der Waals surface area contributed by atoms with Crippen LogP contribution >= 0.6 is 0 Å². The second kappa shape index (κ2) is 7.39. The first-order valence-electron chi connectivity index (χ1n) is 6.32. The van der Waals surface area contributed by atoms with E-state index in [1.807, 2.05) is 19.0 Å². The van der Waals surface area contributed by atoms with Gasteiger partial charge in [0.05, 0.1) is 4.90 Å². The van der Waals surface area contributed by atoms with E-state index in [1.165, 1.54) is 24.3 Å². The number of rotatable bonds is 8. The average molecular weight is 316 g/mol. The smallest absolute Gasteiger partial charge is 0.341 e. The predicted molar refractivity (Wildman–Crippen MR) is 77.9 cm³/mol. The van der Waals surface area contributed by atoms with Gasteiger partial charge in [-0.1, -0.05) is 0 Å². The quantitative estimate of drug-likeness (QED) is 0.720. The maximum Gasteiger partial charge on any atom is 0.341 e. The fourth-order valence-electron chi connectivity index (χ4n) is 1.78. The first kappa shape index (κ1) is 17.4. The molecule has 0 fully saturated rings. The number of carbonyl (C=O) groups is 1. The Bertz CT molecular complexity index is 569. The molecule has 0 aliphatic heterocycles. The van der Waals surface area contributed by atoms with Gasteiger partial charge in [0, 0.05) is 12.6 Å². The van der Waals surface area contributed by atoms with Gasteiger partial charge in [-0.25, -0.2) is 17.9 Å². The Labute approximate surface area is 124 Å². The molecule has 1 aromatic rings. The topological polar surface area (TPSA) is 95.9 Å². The summed E-state index contributed by atoms with van der Waals surface area (Å²) in [6.45, 7) is 1.89. The number of carboxylic acids is 1. The van der Waals surface area contributed by atoms with E-state index in [0.717, 1.165) is 0 Å². The Morgan fingerprint density at radius 1 is 1.33 bits per heavy atom. The van der Waals surface area contributed by atoms with Crippen molar-refractivity contribution in [1.82, 2.24) is 9.62 Å². The lowest BCUT2D eigenvalue weighted by Crippen LogP contribution is -2.39. The van der Waals surface area contributed by atoms with Crippen LogP contribution in [0.3, 0.4) is 0 Å². The van der Waals surface area contributed by atoms with Crippen molar-refractivity contribution < 1.29 is 23.1 Å². The van der Waals surface area contributed by atoms with Crippen molar-refractivity contribution >= 4 is 16.0 Å². The minimum absolute atomic E-state index is 0.107. The number of benzene rings is 1. The van der Waals surface area contributed by atoms with E-state index < -0.39 is 22.6 Å². The molecule has 118 valence electrons. The molecule has 0 spiro atoms. The minimum Gasteiger partial charge on any atom is -0.482 e. The maximum atomic E-state index is 12.1. The summed E-state index contributed by atoms with van der Waals surface area (Å²) in [6.07, 6.45) is 0. The minimum atomic E-state index is -3.60. The molecule has 0 aliphatic rings. The highest BCUT2D eigenvalue weighted by molar-refractivity contribution is 7.89. The molecule has 0 bridgehead atoms. The second-order valence-corrected chi connectivity index (χ2v) is 6.65. The summed E-state index contributed by atoms with van der Waals surface area (Å²) in [5, 5.41) is 8.49. The van der Waals surface area contributed by atoms with Crippen molar-refractivity contribution in [3.8, 4) is 5.75 Å². The van der Waals surface area contributed by atoms with E-state index in [2.05, 4.69) is 4.72 Å².